The molecule has 1 aliphatic rings. The molecule has 20 heavy (non-hydrogen) atoms. The first-order chi connectivity index (χ1) is 9.84. The molecule has 4 rings (SSSR count). The summed E-state index contributed by atoms with van der Waals surface area (Å²) >= 11 is 8.09. The van der Waals surface area contributed by atoms with Gasteiger partial charge in [-0.15, -0.1) is 11.3 Å². The summed E-state index contributed by atoms with van der Waals surface area (Å²) in [5.74, 6) is 0. The number of aromatic nitrogens is 1. The molecule has 0 atom stereocenters. The van der Waals surface area contributed by atoms with Crippen LogP contribution in [0.5, 0.6) is 0 Å². The van der Waals surface area contributed by atoms with Crippen molar-refractivity contribution in [2.45, 2.75) is 6.54 Å². The van der Waals surface area contributed by atoms with E-state index in [9.17, 15) is 0 Å². The van der Waals surface area contributed by atoms with Gasteiger partial charge in [0.15, 0.2) is 0 Å². The van der Waals surface area contributed by atoms with E-state index in [0.29, 0.717) is 6.54 Å². The molecule has 0 amide bonds. The van der Waals surface area contributed by atoms with Crippen molar-refractivity contribution in [3.8, 4) is 5.69 Å². The maximum Gasteiger partial charge on any atom is 0.0906 e. The van der Waals surface area contributed by atoms with E-state index >= 15 is 0 Å². The summed E-state index contributed by atoms with van der Waals surface area (Å²) in [5.41, 5.74) is 4.27. The van der Waals surface area contributed by atoms with E-state index in [-0.39, 0.29) is 0 Å². The van der Waals surface area contributed by atoms with Gasteiger partial charge < -0.3 is 4.57 Å². The summed E-state index contributed by atoms with van der Waals surface area (Å²) < 4.78 is 2.20. The van der Waals surface area contributed by atoms with Crippen molar-refractivity contribution >= 4 is 28.6 Å². The van der Waals surface area contributed by atoms with Crippen LogP contribution in [-0.4, -0.2) is 10.3 Å². The predicted octanol–water partition coefficient (Wildman–Crippen LogP) is 4.54. The number of nitrogens with zero attached hydrogens (tertiary/aromatic N) is 2. The second-order valence-electron chi connectivity index (χ2n) is 4.64. The van der Waals surface area contributed by atoms with Crippen LogP contribution in [0.25, 0.3) is 5.69 Å². The summed E-state index contributed by atoms with van der Waals surface area (Å²) in [5, 5.41) is 2.86. The Kier molecular flexibility index (Phi) is 2.76. The van der Waals surface area contributed by atoms with Crippen LogP contribution >= 0.6 is 22.9 Å². The van der Waals surface area contributed by atoms with Crippen LogP contribution in [0.3, 0.4) is 0 Å². The van der Waals surface area contributed by atoms with E-state index in [4.69, 9.17) is 16.6 Å². The Balaban J connectivity index is 1.96. The van der Waals surface area contributed by atoms with Gasteiger partial charge in [-0.1, -0.05) is 29.8 Å². The van der Waals surface area contributed by atoms with E-state index in [1.54, 1.807) is 11.3 Å². The van der Waals surface area contributed by atoms with Gasteiger partial charge in [-0.25, -0.2) is 0 Å². The molecule has 0 unspecified atom stereocenters. The summed E-state index contributed by atoms with van der Waals surface area (Å²) in [6.07, 6.45) is 2.08. The molecule has 0 aliphatic carbocycles. The predicted molar refractivity (Wildman–Crippen MR) is 84.4 cm³/mol. The Morgan fingerprint density at radius 3 is 2.90 bits per heavy atom. The molecule has 0 bridgehead atoms. The third-order valence-corrected chi connectivity index (χ3v) is 4.71. The van der Waals surface area contributed by atoms with Crippen LogP contribution in [0.15, 0.2) is 59.0 Å². The highest BCUT2D eigenvalue weighted by Crippen LogP contribution is 2.30. The zero-order valence-electron chi connectivity index (χ0n) is 10.6. The zero-order chi connectivity index (χ0) is 13.5. The molecular formula is C16H11ClN2S. The first-order valence-electron chi connectivity index (χ1n) is 6.38. The SMILES string of the molecule is Clc1ccccc1C1=NCc2sccc2-n2cccc21. The van der Waals surface area contributed by atoms with Crippen molar-refractivity contribution < 1.29 is 0 Å². The van der Waals surface area contributed by atoms with Gasteiger partial charge in [-0.2, -0.15) is 0 Å². The fraction of sp³-hybridized carbons (Fsp3) is 0.0625. The first-order valence-corrected chi connectivity index (χ1v) is 7.64. The normalized spacial score (nSPS) is 13.3. The molecule has 3 aromatic rings. The van der Waals surface area contributed by atoms with Crippen LogP contribution in [0.1, 0.15) is 16.1 Å². The van der Waals surface area contributed by atoms with Gasteiger partial charge in [0.05, 0.1) is 33.5 Å². The van der Waals surface area contributed by atoms with Crippen LogP contribution in [-0.2, 0) is 6.54 Å². The lowest BCUT2D eigenvalue weighted by atomic mass is 10.1. The summed E-state index contributed by atoms with van der Waals surface area (Å²) in [4.78, 5) is 6.09. The minimum Gasteiger partial charge on any atom is -0.314 e. The molecule has 0 saturated heterocycles. The number of hydrogen-bond acceptors (Lipinski definition) is 2. The monoisotopic (exact) mass is 298 g/mol. The quantitative estimate of drug-likeness (QED) is 0.627. The van der Waals surface area contributed by atoms with Crippen molar-refractivity contribution in [2.75, 3.05) is 0 Å². The Hall–Kier alpha value is -1.84. The molecule has 0 fully saturated rings. The number of hydrogen-bond donors (Lipinski definition) is 0. The van der Waals surface area contributed by atoms with Crippen LogP contribution in [0.2, 0.25) is 5.02 Å². The standard InChI is InChI=1S/C16H11ClN2S/c17-12-5-2-1-4-11(12)16-14-6-3-8-19(14)13-7-9-20-15(13)10-18-16/h1-9H,10H2. The fourth-order valence-corrected chi connectivity index (χ4v) is 3.57. The second kappa shape index (κ2) is 4.62. The zero-order valence-corrected chi connectivity index (χ0v) is 12.2. The minimum atomic E-state index is 0.704. The van der Waals surface area contributed by atoms with Crippen molar-refractivity contribution in [3.05, 3.63) is 75.2 Å². The summed E-state index contributed by atoms with van der Waals surface area (Å²) in [6, 6.07) is 14.2. The molecule has 2 aromatic heterocycles. The molecule has 1 aromatic carbocycles. The maximum atomic E-state index is 6.34. The lowest BCUT2D eigenvalue weighted by Crippen LogP contribution is -2.08. The summed E-state index contributed by atoms with van der Waals surface area (Å²) in [7, 11) is 0. The molecule has 0 spiro atoms. The molecule has 0 saturated carbocycles. The molecule has 2 nitrogen and oxygen atoms in total. The van der Waals surface area contributed by atoms with Crippen LogP contribution in [0.4, 0.5) is 0 Å². The van der Waals surface area contributed by atoms with Crippen molar-refractivity contribution in [3.63, 3.8) is 0 Å². The highest BCUT2D eigenvalue weighted by atomic mass is 35.5. The first kappa shape index (κ1) is 11.9. The molecule has 3 heterocycles. The average Bonchev–Trinajstić information content (AvgIpc) is 3.08. The Morgan fingerprint density at radius 1 is 1.10 bits per heavy atom. The summed E-state index contributed by atoms with van der Waals surface area (Å²) in [6.45, 7) is 0.704. The molecule has 0 radical (unpaired) electrons. The van der Waals surface area contributed by atoms with Gasteiger partial charge in [0, 0.05) is 11.8 Å². The minimum absolute atomic E-state index is 0.704. The van der Waals surface area contributed by atoms with E-state index in [2.05, 4.69) is 34.3 Å². The van der Waals surface area contributed by atoms with E-state index in [1.807, 2.05) is 24.3 Å². The average molecular weight is 299 g/mol. The second-order valence-corrected chi connectivity index (χ2v) is 6.04. The third-order valence-electron chi connectivity index (χ3n) is 3.48. The molecule has 4 heteroatoms. The highest BCUT2D eigenvalue weighted by Gasteiger charge is 2.19. The van der Waals surface area contributed by atoms with Crippen molar-refractivity contribution in [1.29, 1.82) is 0 Å². The van der Waals surface area contributed by atoms with Crippen LogP contribution < -0.4 is 0 Å². The molecule has 98 valence electrons. The number of benzene rings is 1. The third kappa shape index (κ3) is 1.74. The smallest absolute Gasteiger partial charge is 0.0906 e. The van der Waals surface area contributed by atoms with Gasteiger partial charge in [-0.05, 0) is 29.6 Å². The maximum absolute atomic E-state index is 6.34. The van der Waals surface area contributed by atoms with Crippen LogP contribution in [0, 0.1) is 0 Å². The molecule has 0 N–H and O–H groups in total. The Bertz CT molecular complexity index is 813. The van der Waals surface area contributed by atoms with Gasteiger partial charge in [0.25, 0.3) is 0 Å². The highest BCUT2D eigenvalue weighted by molar-refractivity contribution is 7.10. The van der Waals surface area contributed by atoms with Gasteiger partial charge in [0.1, 0.15) is 0 Å². The topological polar surface area (TPSA) is 17.3 Å². The van der Waals surface area contributed by atoms with Gasteiger partial charge in [-0.3, -0.25) is 4.99 Å². The van der Waals surface area contributed by atoms with E-state index in [1.165, 1.54) is 10.6 Å². The lowest BCUT2D eigenvalue weighted by molar-refractivity contribution is 1.05. The number of halogens is 1. The van der Waals surface area contributed by atoms with Crippen molar-refractivity contribution in [2.24, 2.45) is 4.99 Å². The van der Waals surface area contributed by atoms with E-state index in [0.717, 1.165) is 22.0 Å². The number of thiophene rings is 1. The lowest BCUT2D eigenvalue weighted by Gasteiger charge is -2.10. The number of aliphatic imine (C=N–C) groups is 1. The number of rotatable bonds is 1. The Labute approximate surface area is 126 Å². The van der Waals surface area contributed by atoms with Crippen molar-refractivity contribution in [1.82, 2.24) is 4.57 Å². The number of fused-ring (bicyclic) bond motifs is 3. The largest absolute Gasteiger partial charge is 0.314 e. The molecular weight excluding hydrogens is 288 g/mol. The van der Waals surface area contributed by atoms with Gasteiger partial charge >= 0.3 is 0 Å². The van der Waals surface area contributed by atoms with Gasteiger partial charge in [0.2, 0.25) is 0 Å². The fourth-order valence-electron chi connectivity index (χ4n) is 2.56. The molecule has 1 aliphatic heterocycles. The Morgan fingerprint density at radius 2 is 2.00 bits per heavy atom. The van der Waals surface area contributed by atoms with E-state index < -0.39 is 0 Å².